The lowest BCUT2D eigenvalue weighted by Gasteiger charge is -2.62. The van der Waals surface area contributed by atoms with Crippen molar-refractivity contribution in [2.45, 2.75) is 97.2 Å². The monoisotopic (exact) mass is 499 g/mol. The lowest BCUT2D eigenvalue weighted by atomic mass is 9.43. The fraction of sp³-hybridized carbons (Fsp3) is 0.962. The van der Waals surface area contributed by atoms with Crippen LogP contribution in [0.25, 0.3) is 0 Å². The molecule has 4 saturated carbocycles. The molecule has 0 radical (unpaired) electrons. The van der Waals surface area contributed by atoms with Crippen molar-refractivity contribution in [2.24, 2.45) is 46.3 Å². The van der Waals surface area contributed by atoms with E-state index >= 15 is 0 Å². The zero-order chi connectivity index (χ0) is 24.9. The van der Waals surface area contributed by atoms with E-state index in [9.17, 15) is 23.4 Å². The third kappa shape index (κ3) is 4.94. The van der Waals surface area contributed by atoms with Crippen molar-refractivity contribution in [2.75, 3.05) is 12.3 Å². The van der Waals surface area contributed by atoms with Crippen LogP contribution in [0.15, 0.2) is 0 Å². The van der Waals surface area contributed by atoms with Gasteiger partial charge in [-0.15, -0.1) is 0 Å². The molecule has 4 aliphatic rings. The molecule has 4 rings (SSSR count). The van der Waals surface area contributed by atoms with Crippen molar-refractivity contribution in [1.29, 1.82) is 0 Å². The first kappa shape index (κ1) is 26.4. The maximum Gasteiger partial charge on any atom is 0.266 e. The van der Waals surface area contributed by atoms with Gasteiger partial charge in [-0.25, -0.2) is 0 Å². The summed E-state index contributed by atoms with van der Waals surface area (Å²) in [6.07, 6.45) is 8.87. The molecule has 196 valence electrons. The number of aliphatic hydroxyl groups is 2. The molecule has 4 N–H and O–H groups in total. The summed E-state index contributed by atoms with van der Waals surface area (Å²) in [5.41, 5.74) is 0.411. The molecule has 0 aromatic heterocycles. The average molecular weight is 500 g/mol. The minimum Gasteiger partial charge on any atom is -0.393 e. The molecule has 0 aromatic rings. The molecule has 8 heteroatoms. The van der Waals surface area contributed by atoms with Crippen LogP contribution in [0, 0.1) is 46.3 Å². The molecule has 0 unspecified atom stereocenters. The third-order valence-electron chi connectivity index (χ3n) is 10.9. The quantitative estimate of drug-likeness (QED) is 0.398. The number of hydrogen-bond donors (Lipinski definition) is 4. The average Bonchev–Trinajstić information content (AvgIpc) is 3.09. The molecule has 4 aliphatic carbocycles. The number of rotatable bonds is 7. The second-order valence-corrected chi connectivity index (χ2v) is 14.2. The smallest absolute Gasteiger partial charge is 0.266 e. The van der Waals surface area contributed by atoms with Crippen LogP contribution >= 0.6 is 0 Å². The van der Waals surface area contributed by atoms with Crippen LogP contribution in [-0.4, -0.2) is 53.6 Å². The Labute approximate surface area is 205 Å². The fourth-order valence-corrected chi connectivity index (χ4v) is 9.50. The molecule has 0 spiro atoms. The molecule has 0 bridgehead atoms. The van der Waals surface area contributed by atoms with Gasteiger partial charge in [0.05, 0.1) is 18.0 Å². The Morgan fingerprint density at radius 2 is 1.71 bits per heavy atom. The van der Waals surface area contributed by atoms with E-state index in [2.05, 4.69) is 26.1 Å². The standard InChI is InChI=1S/C26H45NO6S/c1-16(4-7-23(30)27-12-13-34(31,32)33)19-5-6-20-24-21(9-11-26(19,20)3)25(2)10-8-18(28)14-17(25)15-22(24)29/h16-22,24,28-29H,4-15H2,1-3H3,(H,27,30)(H,31,32,33)/t16-,17-,18+,19+,20+,21-,22+,24-,25-,26+/m0/s1. The zero-order valence-electron chi connectivity index (χ0n) is 21.1. The van der Waals surface area contributed by atoms with E-state index in [1.165, 1.54) is 6.42 Å². The first-order valence-electron chi connectivity index (χ1n) is 13.4. The highest BCUT2D eigenvalue weighted by Gasteiger charge is 2.62. The molecule has 0 aromatic carbocycles. The van der Waals surface area contributed by atoms with Gasteiger partial charge in [0.1, 0.15) is 0 Å². The zero-order valence-corrected chi connectivity index (χ0v) is 21.9. The Morgan fingerprint density at radius 1 is 1.03 bits per heavy atom. The molecule has 0 saturated heterocycles. The first-order chi connectivity index (χ1) is 15.8. The number of nitrogens with one attached hydrogen (secondary N) is 1. The number of carbonyl (C=O) groups excluding carboxylic acids is 1. The Hall–Kier alpha value is -0.700. The summed E-state index contributed by atoms with van der Waals surface area (Å²) >= 11 is 0. The van der Waals surface area contributed by atoms with Crippen LogP contribution in [0.2, 0.25) is 0 Å². The maximum absolute atomic E-state index is 12.2. The number of aliphatic hydroxyl groups excluding tert-OH is 2. The topological polar surface area (TPSA) is 124 Å². The fourth-order valence-electron chi connectivity index (χ4n) is 9.14. The normalized spacial score (nSPS) is 45.1. The SMILES string of the molecule is C[C@@H](CCC(=O)NCCS(=O)(=O)O)[C@H]1CC[C@@H]2[C@@H]3[C@H](O)C[C@@H]4C[C@H](O)CC[C@]4(C)[C@H]3CC[C@@]21C. The molecule has 1 amide bonds. The highest BCUT2D eigenvalue weighted by molar-refractivity contribution is 7.85. The van der Waals surface area contributed by atoms with Gasteiger partial charge in [0.15, 0.2) is 0 Å². The van der Waals surface area contributed by atoms with E-state index in [-0.39, 0.29) is 35.5 Å². The number of amides is 1. The van der Waals surface area contributed by atoms with E-state index in [4.69, 9.17) is 4.55 Å². The van der Waals surface area contributed by atoms with Gasteiger partial charge in [-0.2, -0.15) is 8.42 Å². The predicted molar refractivity (Wildman–Crippen MR) is 130 cm³/mol. The molecule has 7 nitrogen and oxygen atoms in total. The van der Waals surface area contributed by atoms with E-state index in [1.807, 2.05) is 0 Å². The second-order valence-electron chi connectivity index (χ2n) is 12.6. The molecule has 34 heavy (non-hydrogen) atoms. The highest BCUT2D eigenvalue weighted by Crippen LogP contribution is 2.68. The van der Waals surface area contributed by atoms with Gasteiger partial charge in [0, 0.05) is 13.0 Å². The van der Waals surface area contributed by atoms with Crippen molar-refractivity contribution in [3.8, 4) is 0 Å². The van der Waals surface area contributed by atoms with Crippen LogP contribution in [-0.2, 0) is 14.9 Å². The molecule has 0 heterocycles. The van der Waals surface area contributed by atoms with Crippen molar-refractivity contribution in [1.82, 2.24) is 5.32 Å². The van der Waals surface area contributed by atoms with Gasteiger partial charge < -0.3 is 15.5 Å². The van der Waals surface area contributed by atoms with Crippen LogP contribution in [0.3, 0.4) is 0 Å². The van der Waals surface area contributed by atoms with Gasteiger partial charge in [0.25, 0.3) is 10.1 Å². The summed E-state index contributed by atoms with van der Waals surface area (Å²) in [6, 6.07) is 0. The minimum atomic E-state index is -4.06. The summed E-state index contributed by atoms with van der Waals surface area (Å²) in [6.45, 7) is 7.05. The molecular weight excluding hydrogens is 454 g/mol. The second kappa shape index (κ2) is 9.64. The van der Waals surface area contributed by atoms with E-state index in [0.717, 1.165) is 51.4 Å². The largest absolute Gasteiger partial charge is 0.393 e. The van der Waals surface area contributed by atoms with Crippen molar-refractivity contribution in [3.05, 3.63) is 0 Å². The van der Waals surface area contributed by atoms with Crippen molar-refractivity contribution in [3.63, 3.8) is 0 Å². The van der Waals surface area contributed by atoms with Crippen molar-refractivity contribution >= 4 is 16.0 Å². The van der Waals surface area contributed by atoms with Crippen molar-refractivity contribution < 1.29 is 28.0 Å². The Morgan fingerprint density at radius 3 is 2.41 bits per heavy atom. The van der Waals surface area contributed by atoms with Crippen LogP contribution < -0.4 is 5.32 Å². The highest BCUT2D eigenvalue weighted by atomic mass is 32.2. The molecule has 4 fully saturated rings. The van der Waals surface area contributed by atoms with E-state index < -0.39 is 15.9 Å². The minimum absolute atomic E-state index is 0.0625. The van der Waals surface area contributed by atoms with Gasteiger partial charge in [-0.3, -0.25) is 9.35 Å². The van der Waals surface area contributed by atoms with Crippen LogP contribution in [0.4, 0.5) is 0 Å². The van der Waals surface area contributed by atoms with Crippen LogP contribution in [0.1, 0.15) is 85.0 Å². The Kier molecular flexibility index (Phi) is 7.47. The first-order valence-corrected chi connectivity index (χ1v) is 15.0. The lowest BCUT2D eigenvalue weighted by molar-refractivity contribution is -0.174. The lowest BCUT2D eigenvalue weighted by Crippen LogP contribution is -2.58. The van der Waals surface area contributed by atoms with Gasteiger partial charge in [-0.05, 0) is 104 Å². The molecular formula is C26H45NO6S. The number of fused-ring (bicyclic) bond motifs is 5. The third-order valence-corrected chi connectivity index (χ3v) is 11.6. The number of carbonyl (C=O) groups is 1. The van der Waals surface area contributed by atoms with E-state index in [0.29, 0.717) is 41.9 Å². The van der Waals surface area contributed by atoms with E-state index in [1.54, 1.807) is 0 Å². The van der Waals surface area contributed by atoms with Gasteiger partial charge in [-0.1, -0.05) is 20.8 Å². The van der Waals surface area contributed by atoms with Crippen LogP contribution in [0.5, 0.6) is 0 Å². The predicted octanol–water partition coefficient (Wildman–Crippen LogP) is 3.40. The van der Waals surface area contributed by atoms with Gasteiger partial charge in [0.2, 0.25) is 5.91 Å². The maximum atomic E-state index is 12.2. The summed E-state index contributed by atoms with van der Waals surface area (Å²) in [5, 5.41) is 24.2. The van der Waals surface area contributed by atoms with Gasteiger partial charge >= 0.3 is 0 Å². The summed E-state index contributed by atoms with van der Waals surface area (Å²) in [7, 11) is -4.06. The Balaban J connectivity index is 1.39. The summed E-state index contributed by atoms with van der Waals surface area (Å²) in [4.78, 5) is 12.2. The molecule has 10 atom stereocenters. The molecule has 0 aliphatic heterocycles. The summed E-state index contributed by atoms with van der Waals surface area (Å²) < 4.78 is 30.5. The number of hydrogen-bond acceptors (Lipinski definition) is 5. The summed E-state index contributed by atoms with van der Waals surface area (Å²) in [5.74, 6) is 2.10. The Bertz CT molecular complexity index is 863.